The Morgan fingerprint density at radius 2 is 2.25 bits per heavy atom. The molecular weight excluding hydrogens is 215 g/mol. The third-order valence-electron chi connectivity index (χ3n) is 2.21. The lowest BCUT2D eigenvalue weighted by atomic mass is 10.1. The summed E-state index contributed by atoms with van der Waals surface area (Å²) < 4.78 is 17.9. The van der Waals surface area contributed by atoms with Crippen molar-refractivity contribution >= 4 is 5.97 Å². The van der Waals surface area contributed by atoms with Gasteiger partial charge >= 0.3 is 5.97 Å². The van der Waals surface area contributed by atoms with Crippen LogP contribution in [0.4, 0.5) is 4.39 Å². The third-order valence-corrected chi connectivity index (χ3v) is 2.21. The maximum atomic E-state index is 12.9. The minimum absolute atomic E-state index is 0.0230. The predicted molar refractivity (Wildman–Crippen MR) is 54.9 cm³/mol. The molecule has 0 fully saturated rings. The number of aryl methyl sites for hydroxylation is 1. The molecule has 0 saturated carbocycles. The van der Waals surface area contributed by atoms with Crippen LogP contribution in [0.2, 0.25) is 0 Å². The van der Waals surface area contributed by atoms with Crippen molar-refractivity contribution in [2.45, 2.75) is 18.9 Å². The van der Waals surface area contributed by atoms with Crippen LogP contribution in [-0.2, 0) is 11.2 Å². The molecule has 1 aromatic carbocycles. The largest absolute Gasteiger partial charge is 0.496 e. The summed E-state index contributed by atoms with van der Waals surface area (Å²) in [6.07, 6.45) is -1.17. The average molecular weight is 228 g/mol. The minimum atomic E-state index is -1.44. The van der Waals surface area contributed by atoms with Crippen LogP contribution in [0.5, 0.6) is 5.75 Å². The van der Waals surface area contributed by atoms with Gasteiger partial charge in [-0.05, 0) is 36.6 Å². The Labute approximate surface area is 92.3 Å². The number of carboxylic acid groups (broad SMARTS) is 1. The van der Waals surface area contributed by atoms with Crippen LogP contribution in [-0.4, -0.2) is 29.4 Å². The van der Waals surface area contributed by atoms with Gasteiger partial charge in [-0.1, -0.05) is 0 Å². The number of methoxy groups -OCH3 is 1. The van der Waals surface area contributed by atoms with Crippen molar-refractivity contribution < 1.29 is 24.1 Å². The number of aliphatic hydroxyl groups is 1. The standard InChI is InChI=1S/C11H13FO4/c1-16-10-5-3-8(12)6-7(10)2-4-9(13)11(14)15/h3,5-6,9,13H,2,4H2,1H3,(H,14,15). The van der Waals surface area contributed by atoms with E-state index in [-0.39, 0.29) is 12.8 Å². The monoisotopic (exact) mass is 228 g/mol. The Balaban J connectivity index is 2.72. The fraction of sp³-hybridized carbons (Fsp3) is 0.364. The Hall–Kier alpha value is -1.62. The summed E-state index contributed by atoms with van der Waals surface area (Å²) in [5, 5.41) is 17.6. The summed E-state index contributed by atoms with van der Waals surface area (Å²) in [6, 6.07) is 4.00. The molecule has 0 heterocycles. The molecule has 1 aromatic rings. The molecule has 5 heteroatoms. The Morgan fingerprint density at radius 1 is 1.56 bits per heavy atom. The molecule has 1 unspecified atom stereocenters. The Bertz CT molecular complexity index is 378. The van der Waals surface area contributed by atoms with Crippen LogP contribution in [0.25, 0.3) is 0 Å². The highest BCUT2D eigenvalue weighted by Crippen LogP contribution is 2.21. The number of benzene rings is 1. The van der Waals surface area contributed by atoms with Gasteiger partial charge < -0.3 is 14.9 Å². The summed E-state index contributed by atoms with van der Waals surface area (Å²) in [6.45, 7) is 0. The zero-order chi connectivity index (χ0) is 12.1. The number of aliphatic carboxylic acids is 1. The van der Waals surface area contributed by atoms with E-state index >= 15 is 0 Å². The van der Waals surface area contributed by atoms with Gasteiger partial charge in [0.2, 0.25) is 0 Å². The van der Waals surface area contributed by atoms with E-state index in [1.165, 1.54) is 25.3 Å². The zero-order valence-corrected chi connectivity index (χ0v) is 8.81. The van der Waals surface area contributed by atoms with Crippen LogP contribution in [0.15, 0.2) is 18.2 Å². The van der Waals surface area contributed by atoms with Crippen molar-refractivity contribution in [3.8, 4) is 5.75 Å². The number of carbonyl (C=O) groups is 1. The molecule has 16 heavy (non-hydrogen) atoms. The lowest BCUT2D eigenvalue weighted by Crippen LogP contribution is -2.20. The number of carboxylic acids is 1. The van der Waals surface area contributed by atoms with Crippen molar-refractivity contribution in [2.75, 3.05) is 7.11 Å². The van der Waals surface area contributed by atoms with E-state index < -0.39 is 17.9 Å². The maximum Gasteiger partial charge on any atom is 0.332 e. The summed E-state index contributed by atoms with van der Waals surface area (Å²) in [5.41, 5.74) is 0.544. The van der Waals surface area contributed by atoms with E-state index in [1.807, 2.05) is 0 Å². The van der Waals surface area contributed by atoms with E-state index in [0.29, 0.717) is 11.3 Å². The zero-order valence-electron chi connectivity index (χ0n) is 8.81. The highest BCUT2D eigenvalue weighted by molar-refractivity contribution is 5.71. The molecule has 4 nitrogen and oxygen atoms in total. The lowest BCUT2D eigenvalue weighted by molar-refractivity contribution is -0.146. The Kier molecular flexibility index (Phi) is 4.25. The van der Waals surface area contributed by atoms with Gasteiger partial charge in [0.1, 0.15) is 11.6 Å². The van der Waals surface area contributed by atoms with Gasteiger partial charge in [0, 0.05) is 0 Å². The molecule has 1 rings (SSSR count). The molecule has 88 valence electrons. The van der Waals surface area contributed by atoms with Gasteiger partial charge in [-0.2, -0.15) is 0 Å². The van der Waals surface area contributed by atoms with E-state index in [2.05, 4.69) is 0 Å². The summed E-state index contributed by atoms with van der Waals surface area (Å²) in [7, 11) is 1.45. The van der Waals surface area contributed by atoms with Crippen LogP contribution in [0.1, 0.15) is 12.0 Å². The number of hydrogen-bond acceptors (Lipinski definition) is 3. The van der Waals surface area contributed by atoms with Gasteiger partial charge in [-0.25, -0.2) is 9.18 Å². The predicted octanol–water partition coefficient (Wildman–Crippen LogP) is 1.21. The van der Waals surface area contributed by atoms with Gasteiger partial charge in [0.25, 0.3) is 0 Å². The number of aliphatic hydroxyl groups excluding tert-OH is 1. The first-order chi connectivity index (χ1) is 7.54. The van der Waals surface area contributed by atoms with Crippen molar-refractivity contribution in [3.63, 3.8) is 0 Å². The summed E-state index contributed by atoms with van der Waals surface area (Å²) >= 11 is 0. The molecule has 0 radical (unpaired) electrons. The van der Waals surface area contributed by atoms with Gasteiger partial charge in [-0.3, -0.25) is 0 Å². The molecule has 0 bridgehead atoms. The molecule has 0 aromatic heterocycles. The fourth-order valence-corrected chi connectivity index (χ4v) is 1.36. The molecule has 0 spiro atoms. The Morgan fingerprint density at radius 3 is 2.81 bits per heavy atom. The molecule has 0 aliphatic carbocycles. The van der Waals surface area contributed by atoms with Crippen molar-refractivity contribution in [1.82, 2.24) is 0 Å². The third kappa shape index (κ3) is 3.20. The average Bonchev–Trinajstić information content (AvgIpc) is 2.25. The lowest BCUT2D eigenvalue weighted by Gasteiger charge is -2.09. The van der Waals surface area contributed by atoms with E-state index in [4.69, 9.17) is 14.9 Å². The first kappa shape index (κ1) is 12.4. The van der Waals surface area contributed by atoms with Gasteiger partial charge in [-0.15, -0.1) is 0 Å². The van der Waals surface area contributed by atoms with Crippen molar-refractivity contribution in [2.24, 2.45) is 0 Å². The molecular formula is C11H13FO4. The second kappa shape index (κ2) is 5.46. The molecule has 0 aliphatic rings. The summed E-state index contributed by atoms with van der Waals surface area (Å²) in [5.74, 6) is -1.21. The number of rotatable bonds is 5. The molecule has 1 atom stereocenters. The van der Waals surface area contributed by atoms with E-state index in [9.17, 15) is 9.18 Å². The first-order valence-corrected chi connectivity index (χ1v) is 4.78. The van der Waals surface area contributed by atoms with Crippen LogP contribution < -0.4 is 4.74 Å². The highest BCUT2D eigenvalue weighted by atomic mass is 19.1. The maximum absolute atomic E-state index is 12.9. The van der Waals surface area contributed by atoms with Gasteiger partial charge in [0.05, 0.1) is 7.11 Å². The molecule has 2 N–H and O–H groups in total. The van der Waals surface area contributed by atoms with Crippen LogP contribution in [0.3, 0.4) is 0 Å². The second-order valence-corrected chi connectivity index (χ2v) is 3.35. The smallest absolute Gasteiger partial charge is 0.332 e. The topological polar surface area (TPSA) is 66.8 Å². The quantitative estimate of drug-likeness (QED) is 0.795. The number of ether oxygens (including phenoxy) is 1. The minimum Gasteiger partial charge on any atom is -0.496 e. The van der Waals surface area contributed by atoms with Gasteiger partial charge in [0.15, 0.2) is 6.10 Å². The highest BCUT2D eigenvalue weighted by Gasteiger charge is 2.14. The fourth-order valence-electron chi connectivity index (χ4n) is 1.36. The number of halogens is 1. The van der Waals surface area contributed by atoms with Crippen molar-refractivity contribution in [3.05, 3.63) is 29.6 Å². The first-order valence-electron chi connectivity index (χ1n) is 4.78. The normalized spacial score (nSPS) is 12.2. The van der Waals surface area contributed by atoms with Crippen LogP contribution in [0, 0.1) is 5.82 Å². The molecule has 0 amide bonds. The van der Waals surface area contributed by atoms with Crippen molar-refractivity contribution in [1.29, 1.82) is 0 Å². The second-order valence-electron chi connectivity index (χ2n) is 3.35. The number of hydrogen-bond donors (Lipinski definition) is 2. The summed E-state index contributed by atoms with van der Waals surface area (Å²) in [4.78, 5) is 10.4. The van der Waals surface area contributed by atoms with E-state index in [0.717, 1.165) is 0 Å². The molecule has 0 aliphatic heterocycles. The SMILES string of the molecule is COc1ccc(F)cc1CCC(O)C(=O)O. The van der Waals surface area contributed by atoms with Crippen LogP contribution >= 0.6 is 0 Å². The molecule has 0 saturated heterocycles. The van der Waals surface area contributed by atoms with E-state index in [1.54, 1.807) is 0 Å².